The first-order valence-electron chi connectivity index (χ1n) is 8.22. The van der Waals surface area contributed by atoms with E-state index in [0.29, 0.717) is 28.2 Å². The van der Waals surface area contributed by atoms with Crippen molar-refractivity contribution in [3.8, 4) is 17.1 Å². The minimum Gasteiger partial charge on any atom is -0.495 e. The van der Waals surface area contributed by atoms with Gasteiger partial charge in [0.05, 0.1) is 17.9 Å². The molecule has 3 rings (SSSR count). The molecule has 7 nitrogen and oxygen atoms in total. The number of halogens is 1. The van der Waals surface area contributed by atoms with E-state index < -0.39 is 0 Å². The molecule has 0 aliphatic heterocycles. The van der Waals surface area contributed by atoms with Crippen molar-refractivity contribution in [3.63, 3.8) is 0 Å². The van der Waals surface area contributed by atoms with Crippen LogP contribution >= 0.6 is 23.4 Å². The van der Waals surface area contributed by atoms with Gasteiger partial charge in [0.1, 0.15) is 5.75 Å². The van der Waals surface area contributed by atoms with E-state index in [9.17, 15) is 4.79 Å². The molecule has 2 heterocycles. The van der Waals surface area contributed by atoms with Crippen LogP contribution in [0, 0.1) is 0 Å². The van der Waals surface area contributed by atoms with E-state index in [0.717, 1.165) is 11.4 Å². The Labute approximate surface area is 166 Å². The summed E-state index contributed by atoms with van der Waals surface area (Å²) in [5.74, 6) is 1.36. The molecule has 2 aromatic heterocycles. The molecule has 0 bridgehead atoms. The Bertz CT molecular complexity index is 933. The van der Waals surface area contributed by atoms with Gasteiger partial charge in [-0.3, -0.25) is 9.78 Å². The zero-order valence-corrected chi connectivity index (χ0v) is 16.4. The summed E-state index contributed by atoms with van der Waals surface area (Å²) in [6.45, 7) is 2.71. The van der Waals surface area contributed by atoms with Gasteiger partial charge in [0.2, 0.25) is 5.91 Å². The Hall–Kier alpha value is -2.58. The number of nitrogens with one attached hydrogen (secondary N) is 1. The number of benzene rings is 1. The summed E-state index contributed by atoms with van der Waals surface area (Å²) in [5, 5.41) is 12.4. The van der Waals surface area contributed by atoms with Gasteiger partial charge in [0.15, 0.2) is 11.0 Å². The molecule has 0 saturated carbocycles. The minimum absolute atomic E-state index is 0.155. The summed E-state index contributed by atoms with van der Waals surface area (Å²) < 4.78 is 7.07. The first-order valence-corrected chi connectivity index (χ1v) is 9.58. The lowest BCUT2D eigenvalue weighted by Crippen LogP contribution is -2.14. The topological polar surface area (TPSA) is 81.9 Å². The predicted octanol–water partition coefficient (Wildman–Crippen LogP) is 3.75. The molecule has 27 heavy (non-hydrogen) atoms. The lowest BCUT2D eigenvalue weighted by Gasteiger charge is -2.09. The monoisotopic (exact) mass is 403 g/mol. The molecule has 140 valence electrons. The number of carbonyl (C=O) groups excluding carboxylic acids is 1. The maximum atomic E-state index is 12.3. The van der Waals surface area contributed by atoms with E-state index in [4.69, 9.17) is 16.3 Å². The van der Waals surface area contributed by atoms with Gasteiger partial charge in [-0.15, -0.1) is 10.2 Å². The van der Waals surface area contributed by atoms with E-state index in [1.165, 1.54) is 11.8 Å². The number of rotatable bonds is 7. The lowest BCUT2D eigenvalue weighted by molar-refractivity contribution is -0.113. The van der Waals surface area contributed by atoms with Crippen LogP contribution in [0.15, 0.2) is 47.9 Å². The fourth-order valence-electron chi connectivity index (χ4n) is 2.47. The molecular formula is C18H18ClN5O2S. The van der Waals surface area contributed by atoms with Crippen molar-refractivity contribution in [1.82, 2.24) is 19.7 Å². The van der Waals surface area contributed by atoms with Gasteiger partial charge in [-0.1, -0.05) is 23.4 Å². The zero-order chi connectivity index (χ0) is 19.2. The summed E-state index contributed by atoms with van der Waals surface area (Å²) in [7, 11) is 1.54. The molecule has 0 unspecified atom stereocenters. The number of amides is 1. The fourth-order valence-corrected chi connectivity index (χ4v) is 3.53. The van der Waals surface area contributed by atoms with Gasteiger partial charge in [-0.2, -0.15) is 0 Å². The third kappa shape index (κ3) is 4.58. The molecule has 1 aromatic carbocycles. The predicted molar refractivity (Wildman–Crippen MR) is 106 cm³/mol. The highest BCUT2D eigenvalue weighted by molar-refractivity contribution is 7.99. The normalized spacial score (nSPS) is 10.6. The first kappa shape index (κ1) is 19.2. The van der Waals surface area contributed by atoms with Gasteiger partial charge in [0, 0.05) is 30.2 Å². The van der Waals surface area contributed by atoms with Gasteiger partial charge < -0.3 is 14.6 Å². The van der Waals surface area contributed by atoms with Crippen LogP contribution in [0.4, 0.5) is 5.69 Å². The molecular weight excluding hydrogens is 386 g/mol. The second-order valence-electron chi connectivity index (χ2n) is 5.47. The molecule has 0 fully saturated rings. The van der Waals surface area contributed by atoms with E-state index >= 15 is 0 Å². The Kier molecular flexibility index (Phi) is 6.31. The number of ether oxygens (including phenoxy) is 1. The van der Waals surface area contributed by atoms with Crippen LogP contribution in [0.25, 0.3) is 11.4 Å². The smallest absolute Gasteiger partial charge is 0.234 e. The van der Waals surface area contributed by atoms with Crippen LogP contribution in [-0.2, 0) is 11.3 Å². The van der Waals surface area contributed by atoms with Crippen molar-refractivity contribution in [2.24, 2.45) is 0 Å². The van der Waals surface area contributed by atoms with Crippen molar-refractivity contribution < 1.29 is 9.53 Å². The van der Waals surface area contributed by atoms with E-state index in [2.05, 4.69) is 20.5 Å². The standard InChI is InChI=1S/C18H18ClN5O2S/c1-3-24-17(12-6-8-20-9-7-12)22-23-18(24)27-11-16(25)21-13-4-5-15(26-2)14(19)10-13/h4-10H,3,11H2,1-2H3,(H,21,25). The number of hydrogen-bond acceptors (Lipinski definition) is 6. The molecule has 0 spiro atoms. The summed E-state index contributed by atoms with van der Waals surface area (Å²) in [5.41, 5.74) is 1.55. The Morgan fingerprint density at radius 1 is 1.26 bits per heavy atom. The van der Waals surface area contributed by atoms with Gasteiger partial charge in [-0.25, -0.2) is 0 Å². The number of hydrogen-bond donors (Lipinski definition) is 1. The van der Waals surface area contributed by atoms with Gasteiger partial charge in [-0.05, 0) is 37.3 Å². The molecule has 0 aliphatic rings. The summed E-state index contributed by atoms with van der Waals surface area (Å²) in [6, 6.07) is 8.86. The summed E-state index contributed by atoms with van der Waals surface area (Å²) in [4.78, 5) is 16.3. The number of nitrogens with zero attached hydrogens (tertiary/aromatic N) is 4. The third-order valence-corrected chi connectivity index (χ3v) is 5.00. The van der Waals surface area contributed by atoms with Crippen molar-refractivity contribution in [1.29, 1.82) is 0 Å². The minimum atomic E-state index is -0.155. The number of anilines is 1. The highest BCUT2D eigenvalue weighted by atomic mass is 35.5. The van der Waals surface area contributed by atoms with E-state index in [-0.39, 0.29) is 11.7 Å². The SMILES string of the molecule is CCn1c(SCC(=O)Nc2ccc(OC)c(Cl)c2)nnc1-c1ccncc1. The molecule has 0 aliphatic carbocycles. The zero-order valence-electron chi connectivity index (χ0n) is 14.8. The van der Waals surface area contributed by atoms with Gasteiger partial charge in [0.25, 0.3) is 0 Å². The highest BCUT2D eigenvalue weighted by Gasteiger charge is 2.15. The number of carbonyl (C=O) groups is 1. The average Bonchev–Trinajstić information content (AvgIpc) is 3.10. The maximum absolute atomic E-state index is 12.3. The Balaban J connectivity index is 1.65. The lowest BCUT2D eigenvalue weighted by atomic mass is 10.2. The molecule has 0 atom stereocenters. The Morgan fingerprint density at radius 3 is 2.70 bits per heavy atom. The third-order valence-electron chi connectivity index (χ3n) is 3.74. The second kappa shape index (κ2) is 8.88. The van der Waals surface area contributed by atoms with E-state index in [1.807, 2.05) is 23.6 Å². The number of methoxy groups -OCH3 is 1. The quantitative estimate of drug-likeness (QED) is 0.605. The van der Waals surface area contributed by atoms with Crippen LogP contribution < -0.4 is 10.1 Å². The van der Waals surface area contributed by atoms with Crippen molar-refractivity contribution in [2.45, 2.75) is 18.6 Å². The number of pyridine rings is 1. The highest BCUT2D eigenvalue weighted by Crippen LogP contribution is 2.28. The van der Waals surface area contributed by atoms with Crippen molar-refractivity contribution >= 4 is 35.0 Å². The molecule has 3 aromatic rings. The van der Waals surface area contributed by atoms with Crippen LogP contribution in [-0.4, -0.2) is 38.5 Å². The van der Waals surface area contributed by atoms with Gasteiger partial charge >= 0.3 is 0 Å². The first-order chi connectivity index (χ1) is 13.1. The summed E-state index contributed by atoms with van der Waals surface area (Å²) in [6.07, 6.45) is 3.43. The summed E-state index contributed by atoms with van der Waals surface area (Å²) >= 11 is 7.41. The fraction of sp³-hybridized carbons (Fsp3) is 0.222. The Morgan fingerprint density at radius 2 is 2.04 bits per heavy atom. The average molecular weight is 404 g/mol. The van der Waals surface area contributed by atoms with Crippen molar-refractivity contribution in [3.05, 3.63) is 47.7 Å². The molecule has 0 saturated heterocycles. The van der Waals surface area contributed by atoms with Crippen molar-refractivity contribution in [2.75, 3.05) is 18.2 Å². The van der Waals surface area contributed by atoms with Crippen LogP contribution in [0.3, 0.4) is 0 Å². The van der Waals surface area contributed by atoms with Crippen LogP contribution in [0.5, 0.6) is 5.75 Å². The second-order valence-corrected chi connectivity index (χ2v) is 6.82. The molecule has 9 heteroatoms. The van der Waals surface area contributed by atoms with Crippen LogP contribution in [0.1, 0.15) is 6.92 Å². The van der Waals surface area contributed by atoms with E-state index in [1.54, 1.807) is 37.7 Å². The molecule has 1 amide bonds. The molecule has 0 radical (unpaired) electrons. The largest absolute Gasteiger partial charge is 0.495 e. The van der Waals surface area contributed by atoms with Crippen LogP contribution in [0.2, 0.25) is 5.02 Å². The maximum Gasteiger partial charge on any atom is 0.234 e. The number of thioether (sulfide) groups is 1. The molecule has 1 N–H and O–H groups in total. The number of aromatic nitrogens is 4.